The van der Waals surface area contributed by atoms with Crippen LogP contribution < -0.4 is 10.6 Å². The molecule has 1 aromatic rings. The average Bonchev–Trinajstić information content (AvgIpc) is 2.36. The Morgan fingerprint density at radius 3 is 2.95 bits per heavy atom. The van der Waals surface area contributed by atoms with Gasteiger partial charge in [-0.2, -0.15) is 0 Å². The molecule has 2 atom stereocenters. The Balaban J connectivity index is 0.00000180. The van der Waals surface area contributed by atoms with Gasteiger partial charge in [-0.1, -0.05) is 29.8 Å². The number of piperidine rings is 1. The molecular formula is C15H23ClN2O. The second-order valence-corrected chi connectivity index (χ2v) is 5.28. The topological polar surface area (TPSA) is 41.1 Å². The predicted octanol–water partition coefficient (Wildman–Crippen LogP) is 2.42. The van der Waals surface area contributed by atoms with Crippen LogP contribution in [0.15, 0.2) is 24.3 Å². The first-order valence-electron chi connectivity index (χ1n) is 6.72. The first-order valence-corrected chi connectivity index (χ1v) is 6.72. The molecule has 1 saturated heterocycles. The summed E-state index contributed by atoms with van der Waals surface area (Å²) in [6.45, 7) is 5.79. The van der Waals surface area contributed by atoms with Gasteiger partial charge in [0.2, 0.25) is 5.91 Å². The number of nitrogens with one attached hydrogen (secondary N) is 2. The summed E-state index contributed by atoms with van der Waals surface area (Å²) in [5, 5.41) is 6.42. The molecule has 0 radical (unpaired) electrons. The second-order valence-electron chi connectivity index (χ2n) is 5.28. The highest BCUT2D eigenvalue weighted by atomic mass is 35.5. The third kappa shape index (κ3) is 4.84. The Bertz CT molecular complexity index is 422. The summed E-state index contributed by atoms with van der Waals surface area (Å²) in [4.78, 5) is 12.1. The van der Waals surface area contributed by atoms with E-state index in [1.165, 1.54) is 11.1 Å². The van der Waals surface area contributed by atoms with Gasteiger partial charge in [0.25, 0.3) is 0 Å². The Morgan fingerprint density at radius 1 is 1.47 bits per heavy atom. The molecule has 1 amide bonds. The fourth-order valence-electron chi connectivity index (χ4n) is 2.53. The van der Waals surface area contributed by atoms with Crippen molar-refractivity contribution < 1.29 is 4.79 Å². The number of amides is 1. The zero-order chi connectivity index (χ0) is 13.0. The van der Waals surface area contributed by atoms with Gasteiger partial charge in [-0.25, -0.2) is 0 Å². The molecule has 0 bridgehead atoms. The molecular weight excluding hydrogens is 260 g/mol. The van der Waals surface area contributed by atoms with Gasteiger partial charge in [-0.15, -0.1) is 12.4 Å². The lowest BCUT2D eigenvalue weighted by Crippen LogP contribution is -2.42. The minimum absolute atomic E-state index is 0. The van der Waals surface area contributed by atoms with Crippen LogP contribution in [0.25, 0.3) is 0 Å². The summed E-state index contributed by atoms with van der Waals surface area (Å²) >= 11 is 0. The molecule has 0 unspecified atom stereocenters. The summed E-state index contributed by atoms with van der Waals surface area (Å²) in [7, 11) is 0. The van der Waals surface area contributed by atoms with E-state index in [2.05, 4.69) is 42.7 Å². The highest BCUT2D eigenvalue weighted by Gasteiger charge is 2.24. The summed E-state index contributed by atoms with van der Waals surface area (Å²) in [6, 6.07) is 8.72. The van der Waals surface area contributed by atoms with Crippen molar-refractivity contribution in [1.29, 1.82) is 0 Å². The van der Waals surface area contributed by atoms with Gasteiger partial charge < -0.3 is 10.6 Å². The van der Waals surface area contributed by atoms with E-state index in [1.54, 1.807) is 0 Å². The normalized spacial score (nSPS) is 22.4. The van der Waals surface area contributed by atoms with E-state index in [1.807, 2.05) is 6.07 Å². The van der Waals surface area contributed by atoms with Gasteiger partial charge >= 0.3 is 0 Å². The molecule has 106 valence electrons. The second kappa shape index (κ2) is 7.51. The van der Waals surface area contributed by atoms with E-state index in [0.29, 0.717) is 12.6 Å². The van der Waals surface area contributed by atoms with Crippen LogP contribution in [0.4, 0.5) is 0 Å². The molecule has 2 N–H and O–H groups in total. The van der Waals surface area contributed by atoms with Crippen molar-refractivity contribution >= 4 is 18.3 Å². The summed E-state index contributed by atoms with van der Waals surface area (Å²) in [5.41, 5.74) is 2.41. The molecule has 0 saturated carbocycles. The van der Waals surface area contributed by atoms with Crippen molar-refractivity contribution in [2.24, 2.45) is 5.92 Å². The first kappa shape index (κ1) is 16.0. The third-order valence-corrected chi connectivity index (χ3v) is 3.54. The van der Waals surface area contributed by atoms with E-state index in [-0.39, 0.29) is 24.2 Å². The molecule has 1 aliphatic heterocycles. The van der Waals surface area contributed by atoms with Crippen molar-refractivity contribution in [1.82, 2.24) is 10.6 Å². The lowest BCUT2D eigenvalue weighted by atomic mass is 9.92. The highest BCUT2D eigenvalue weighted by molar-refractivity contribution is 5.85. The molecule has 0 aromatic heterocycles. The van der Waals surface area contributed by atoms with E-state index < -0.39 is 0 Å². The maximum absolute atomic E-state index is 12.1. The lowest BCUT2D eigenvalue weighted by molar-refractivity contribution is -0.126. The zero-order valence-electron chi connectivity index (χ0n) is 11.6. The quantitative estimate of drug-likeness (QED) is 0.894. The number of rotatable bonds is 3. The largest absolute Gasteiger partial charge is 0.352 e. The minimum Gasteiger partial charge on any atom is -0.352 e. The van der Waals surface area contributed by atoms with Gasteiger partial charge in [0.15, 0.2) is 0 Å². The van der Waals surface area contributed by atoms with Gasteiger partial charge in [0.1, 0.15) is 0 Å². The molecule has 1 fully saturated rings. The molecule has 1 aliphatic rings. The van der Waals surface area contributed by atoms with Crippen LogP contribution in [-0.4, -0.2) is 18.5 Å². The van der Waals surface area contributed by atoms with Crippen molar-refractivity contribution in [2.45, 2.75) is 39.3 Å². The number of hydrogen-bond acceptors (Lipinski definition) is 2. The average molecular weight is 283 g/mol. The van der Waals surface area contributed by atoms with Crippen LogP contribution in [0.2, 0.25) is 0 Å². The number of hydrogen-bond donors (Lipinski definition) is 2. The Morgan fingerprint density at radius 2 is 2.26 bits per heavy atom. The van der Waals surface area contributed by atoms with Crippen molar-refractivity contribution in [2.75, 3.05) is 6.54 Å². The molecule has 4 heteroatoms. The first-order chi connectivity index (χ1) is 8.65. The van der Waals surface area contributed by atoms with Crippen molar-refractivity contribution in [3.05, 3.63) is 35.4 Å². The Hall–Kier alpha value is -1.06. The zero-order valence-corrected chi connectivity index (χ0v) is 12.4. The fourth-order valence-corrected chi connectivity index (χ4v) is 2.53. The molecule has 2 rings (SSSR count). The highest BCUT2D eigenvalue weighted by Crippen LogP contribution is 2.16. The van der Waals surface area contributed by atoms with E-state index in [9.17, 15) is 4.79 Å². The van der Waals surface area contributed by atoms with Crippen LogP contribution in [0.1, 0.15) is 30.9 Å². The lowest BCUT2D eigenvalue weighted by Gasteiger charge is -2.27. The third-order valence-electron chi connectivity index (χ3n) is 3.54. The SMILES string of the molecule is Cc1cccc(CNC(=O)[C@H]2CCN[C@@H](C)C2)c1.Cl. The molecule has 19 heavy (non-hydrogen) atoms. The van der Waals surface area contributed by atoms with Crippen LogP contribution >= 0.6 is 12.4 Å². The number of halogens is 1. The van der Waals surface area contributed by atoms with Crippen LogP contribution in [-0.2, 0) is 11.3 Å². The number of aryl methyl sites for hydroxylation is 1. The van der Waals surface area contributed by atoms with E-state index in [0.717, 1.165) is 19.4 Å². The minimum atomic E-state index is 0. The Kier molecular flexibility index (Phi) is 6.32. The van der Waals surface area contributed by atoms with Gasteiger partial charge in [0.05, 0.1) is 0 Å². The summed E-state index contributed by atoms with van der Waals surface area (Å²) in [5.74, 6) is 0.371. The Labute approximate surface area is 121 Å². The van der Waals surface area contributed by atoms with Crippen LogP contribution in [0.5, 0.6) is 0 Å². The number of carbonyl (C=O) groups excluding carboxylic acids is 1. The maximum Gasteiger partial charge on any atom is 0.223 e. The number of benzene rings is 1. The van der Waals surface area contributed by atoms with Crippen molar-refractivity contribution in [3.63, 3.8) is 0 Å². The molecule has 0 aliphatic carbocycles. The fraction of sp³-hybridized carbons (Fsp3) is 0.533. The monoisotopic (exact) mass is 282 g/mol. The van der Waals surface area contributed by atoms with Crippen molar-refractivity contribution in [3.8, 4) is 0 Å². The van der Waals surface area contributed by atoms with Crippen LogP contribution in [0, 0.1) is 12.8 Å². The predicted molar refractivity (Wildman–Crippen MR) is 80.5 cm³/mol. The van der Waals surface area contributed by atoms with E-state index in [4.69, 9.17) is 0 Å². The maximum atomic E-state index is 12.1. The molecule has 1 heterocycles. The van der Waals surface area contributed by atoms with Gasteiger partial charge in [-0.05, 0) is 38.8 Å². The summed E-state index contributed by atoms with van der Waals surface area (Å²) < 4.78 is 0. The van der Waals surface area contributed by atoms with E-state index >= 15 is 0 Å². The summed E-state index contributed by atoms with van der Waals surface area (Å²) in [6.07, 6.45) is 1.89. The number of carbonyl (C=O) groups is 1. The molecule has 1 aromatic carbocycles. The molecule has 3 nitrogen and oxygen atoms in total. The van der Waals surface area contributed by atoms with Gasteiger partial charge in [-0.3, -0.25) is 4.79 Å². The molecule has 0 spiro atoms. The van der Waals surface area contributed by atoms with Gasteiger partial charge in [0, 0.05) is 18.5 Å². The standard InChI is InChI=1S/C15H22N2O.ClH/c1-11-4-3-5-13(8-11)10-17-15(18)14-6-7-16-12(2)9-14;/h3-5,8,12,14,16H,6-7,9-10H2,1-2H3,(H,17,18);1H/t12-,14-;/m0./s1. The smallest absolute Gasteiger partial charge is 0.223 e. The van der Waals surface area contributed by atoms with Crippen LogP contribution in [0.3, 0.4) is 0 Å².